The Morgan fingerprint density at radius 3 is 2.06 bits per heavy atom. The van der Waals surface area contributed by atoms with Crippen LogP contribution in [0.5, 0.6) is 0 Å². The van der Waals surface area contributed by atoms with Crippen molar-refractivity contribution in [3.8, 4) is 0 Å². The van der Waals surface area contributed by atoms with Crippen molar-refractivity contribution in [2.75, 3.05) is 19.6 Å². The minimum absolute atomic E-state index is 0.00403. The van der Waals surface area contributed by atoms with E-state index in [1.165, 1.54) is 58.2 Å². The predicted molar refractivity (Wildman–Crippen MR) is 67.7 cm³/mol. The van der Waals surface area contributed by atoms with Gasteiger partial charge in [-0.1, -0.05) is 12.8 Å². The van der Waals surface area contributed by atoms with Gasteiger partial charge in [-0.2, -0.15) is 0 Å². The highest BCUT2D eigenvalue weighted by atomic mass is 16.5. The molecule has 2 aliphatic rings. The van der Waals surface area contributed by atoms with E-state index in [0.29, 0.717) is 0 Å². The van der Waals surface area contributed by atoms with Crippen LogP contribution in [-0.4, -0.2) is 35.7 Å². The Bertz CT molecular complexity index is 219. The van der Waals surface area contributed by atoms with Crippen LogP contribution in [-0.2, 0) is 4.74 Å². The summed E-state index contributed by atoms with van der Waals surface area (Å²) < 4.78 is 6.41. The minimum Gasteiger partial charge on any atom is -0.368 e. The zero-order valence-corrected chi connectivity index (χ0v) is 11.2. The molecule has 0 aromatic rings. The number of likely N-dealkylation sites (tertiary alicyclic amines) is 1. The third-order valence-corrected chi connectivity index (χ3v) is 3.75. The molecule has 94 valence electrons. The van der Waals surface area contributed by atoms with Gasteiger partial charge in [0.2, 0.25) is 0 Å². The van der Waals surface area contributed by atoms with Gasteiger partial charge in [-0.3, -0.25) is 0 Å². The van der Waals surface area contributed by atoms with Crippen LogP contribution in [0.3, 0.4) is 0 Å². The lowest BCUT2D eigenvalue weighted by molar-refractivity contribution is -0.138. The van der Waals surface area contributed by atoms with Crippen LogP contribution < -0.4 is 0 Å². The van der Waals surface area contributed by atoms with Crippen molar-refractivity contribution in [1.29, 1.82) is 0 Å². The van der Waals surface area contributed by atoms with Crippen LogP contribution in [0, 0.1) is 0 Å². The topological polar surface area (TPSA) is 12.5 Å². The fourth-order valence-electron chi connectivity index (χ4n) is 3.31. The van der Waals surface area contributed by atoms with Gasteiger partial charge in [-0.15, -0.1) is 0 Å². The fourth-order valence-corrected chi connectivity index (χ4v) is 3.31. The molecule has 0 N–H and O–H groups in total. The van der Waals surface area contributed by atoms with Gasteiger partial charge in [0.15, 0.2) is 0 Å². The van der Waals surface area contributed by atoms with Gasteiger partial charge >= 0.3 is 0 Å². The van der Waals surface area contributed by atoms with Gasteiger partial charge < -0.3 is 9.64 Å². The second-order valence-electron chi connectivity index (χ2n) is 6.59. The Morgan fingerprint density at radius 2 is 1.56 bits per heavy atom. The van der Waals surface area contributed by atoms with E-state index in [1.807, 2.05) is 0 Å². The monoisotopic (exact) mass is 225 g/mol. The lowest BCUT2D eigenvalue weighted by Gasteiger charge is -2.39. The lowest BCUT2D eigenvalue weighted by Crippen LogP contribution is -2.46. The van der Waals surface area contributed by atoms with Gasteiger partial charge in [0.05, 0.1) is 11.2 Å². The van der Waals surface area contributed by atoms with E-state index in [9.17, 15) is 0 Å². The molecule has 0 spiro atoms. The molecule has 2 fully saturated rings. The van der Waals surface area contributed by atoms with Crippen LogP contribution in [0.25, 0.3) is 0 Å². The Kier molecular flexibility index (Phi) is 3.60. The number of rotatable bonds is 3. The van der Waals surface area contributed by atoms with E-state index in [1.54, 1.807) is 0 Å². The number of hydrogen-bond donors (Lipinski definition) is 0. The lowest BCUT2D eigenvalue weighted by atomic mass is 9.99. The van der Waals surface area contributed by atoms with E-state index in [-0.39, 0.29) is 11.2 Å². The average Bonchev–Trinajstić information content (AvgIpc) is 2.74. The molecule has 0 atom stereocenters. The van der Waals surface area contributed by atoms with Gasteiger partial charge in [0.25, 0.3) is 0 Å². The molecule has 2 heteroatoms. The third kappa shape index (κ3) is 3.21. The summed E-state index contributed by atoms with van der Waals surface area (Å²) in [6.45, 7) is 10.3. The normalized spacial score (nSPS) is 26.4. The molecule has 1 aliphatic carbocycles. The summed E-state index contributed by atoms with van der Waals surface area (Å²) in [5, 5.41) is 0. The first-order chi connectivity index (χ1) is 7.49. The first-order valence-corrected chi connectivity index (χ1v) is 6.92. The Hall–Kier alpha value is -0.0800. The van der Waals surface area contributed by atoms with Gasteiger partial charge in [-0.05, 0) is 59.5 Å². The van der Waals surface area contributed by atoms with Gasteiger partial charge in [-0.25, -0.2) is 0 Å². The van der Waals surface area contributed by atoms with E-state index in [0.717, 1.165) is 0 Å². The van der Waals surface area contributed by atoms with Crippen LogP contribution in [0.15, 0.2) is 0 Å². The minimum atomic E-state index is 0.00403. The molecular formula is C14H27NO. The molecule has 0 radical (unpaired) electrons. The molecule has 0 amide bonds. The van der Waals surface area contributed by atoms with E-state index >= 15 is 0 Å². The Morgan fingerprint density at radius 1 is 1.00 bits per heavy atom. The maximum Gasteiger partial charge on any atom is 0.0815 e. The number of nitrogens with zero attached hydrogens (tertiary/aromatic N) is 1. The summed E-state index contributed by atoms with van der Waals surface area (Å²) in [5.74, 6) is 0. The maximum atomic E-state index is 6.41. The van der Waals surface area contributed by atoms with Crippen molar-refractivity contribution in [1.82, 2.24) is 4.90 Å². The average molecular weight is 225 g/mol. The summed E-state index contributed by atoms with van der Waals surface area (Å²) in [6, 6.07) is 0. The standard InChI is InChI=1S/C14H27NO/c1-13(2,3)16-14(8-4-5-9-14)12-15-10-6-7-11-15/h4-12H2,1-3H3. The highest BCUT2D eigenvalue weighted by molar-refractivity contribution is 4.92. The summed E-state index contributed by atoms with van der Waals surface area (Å²) >= 11 is 0. The molecule has 0 aromatic heterocycles. The van der Waals surface area contributed by atoms with E-state index in [4.69, 9.17) is 4.74 Å². The van der Waals surface area contributed by atoms with Crippen molar-refractivity contribution in [3.63, 3.8) is 0 Å². The van der Waals surface area contributed by atoms with Crippen molar-refractivity contribution >= 4 is 0 Å². The molecule has 16 heavy (non-hydrogen) atoms. The van der Waals surface area contributed by atoms with Crippen LogP contribution in [0.1, 0.15) is 59.3 Å². The quantitative estimate of drug-likeness (QED) is 0.731. The summed E-state index contributed by atoms with van der Waals surface area (Å²) in [6.07, 6.45) is 7.99. The molecular weight excluding hydrogens is 198 g/mol. The molecule has 1 aliphatic heterocycles. The zero-order valence-electron chi connectivity index (χ0n) is 11.2. The van der Waals surface area contributed by atoms with Crippen LogP contribution in [0.2, 0.25) is 0 Å². The van der Waals surface area contributed by atoms with E-state index < -0.39 is 0 Å². The summed E-state index contributed by atoms with van der Waals surface area (Å²) in [7, 11) is 0. The molecule has 0 bridgehead atoms. The number of hydrogen-bond acceptors (Lipinski definition) is 2. The SMILES string of the molecule is CC(C)(C)OC1(CN2CCCC2)CCCC1. The highest BCUT2D eigenvalue weighted by Gasteiger charge is 2.39. The summed E-state index contributed by atoms with van der Waals surface area (Å²) in [5.41, 5.74) is 0.173. The predicted octanol–water partition coefficient (Wildman–Crippen LogP) is 3.21. The van der Waals surface area contributed by atoms with Crippen molar-refractivity contribution < 1.29 is 4.74 Å². The van der Waals surface area contributed by atoms with Gasteiger partial charge in [0.1, 0.15) is 0 Å². The molecule has 0 unspecified atom stereocenters. The summed E-state index contributed by atoms with van der Waals surface area (Å²) in [4.78, 5) is 2.61. The molecule has 0 aromatic carbocycles. The van der Waals surface area contributed by atoms with Crippen LogP contribution in [0.4, 0.5) is 0 Å². The van der Waals surface area contributed by atoms with Crippen molar-refractivity contribution in [3.05, 3.63) is 0 Å². The first-order valence-electron chi connectivity index (χ1n) is 6.92. The largest absolute Gasteiger partial charge is 0.368 e. The van der Waals surface area contributed by atoms with Crippen LogP contribution >= 0.6 is 0 Å². The zero-order chi connectivity index (χ0) is 11.6. The number of ether oxygens (including phenoxy) is 1. The second kappa shape index (κ2) is 4.66. The van der Waals surface area contributed by atoms with Crippen molar-refractivity contribution in [2.24, 2.45) is 0 Å². The Balaban J connectivity index is 1.97. The van der Waals surface area contributed by atoms with Gasteiger partial charge in [0, 0.05) is 6.54 Å². The maximum absolute atomic E-state index is 6.41. The molecule has 2 rings (SSSR count). The smallest absolute Gasteiger partial charge is 0.0815 e. The fraction of sp³-hybridized carbons (Fsp3) is 1.00. The molecule has 1 saturated heterocycles. The second-order valence-corrected chi connectivity index (χ2v) is 6.59. The molecule has 1 heterocycles. The highest BCUT2D eigenvalue weighted by Crippen LogP contribution is 2.37. The van der Waals surface area contributed by atoms with E-state index in [2.05, 4.69) is 25.7 Å². The molecule has 1 saturated carbocycles. The molecule has 2 nitrogen and oxygen atoms in total. The Labute approximate surface area is 100 Å². The van der Waals surface area contributed by atoms with Crippen molar-refractivity contribution in [2.45, 2.75) is 70.5 Å². The third-order valence-electron chi connectivity index (χ3n) is 3.75. The first kappa shape index (κ1) is 12.4.